The van der Waals surface area contributed by atoms with Crippen LogP contribution in [0.2, 0.25) is 0 Å². The van der Waals surface area contributed by atoms with Crippen LogP contribution >= 0.6 is 11.8 Å². The Morgan fingerprint density at radius 2 is 1.76 bits per heavy atom. The van der Waals surface area contributed by atoms with Crippen LogP contribution in [0.1, 0.15) is 33.2 Å². The van der Waals surface area contributed by atoms with Gasteiger partial charge in [0.25, 0.3) is 5.91 Å². The molecule has 0 aliphatic carbocycles. The van der Waals surface area contributed by atoms with Gasteiger partial charge in [-0.1, -0.05) is 24.3 Å². The summed E-state index contributed by atoms with van der Waals surface area (Å²) in [5, 5.41) is 31.1. The third kappa shape index (κ3) is 4.29. The molecule has 0 bridgehead atoms. The molecule has 0 fully saturated rings. The monoisotopic (exact) mass is 553 g/mol. The smallest absolute Gasteiger partial charge is 0.494 e. The second-order valence-corrected chi connectivity index (χ2v) is 9.70. The molecule has 0 spiro atoms. The number of carbonyl (C=O) groups is 1. The van der Waals surface area contributed by atoms with Gasteiger partial charge < -0.3 is 20.1 Å². The summed E-state index contributed by atoms with van der Waals surface area (Å²) in [4.78, 5) is 26.6. The zero-order valence-corrected chi connectivity index (χ0v) is 19.9. The number of amides is 1. The Bertz CT molecular complexity index is 1520. The van der Waals surface area contributed by atoms with E-state index >= 15 is 0 Å². The van der Waals surface area contributed by atoms with E-state index in [-0.39, 0.29) is 16.9 Å². The van der Waals surface area contributed by atoms with E-state index in [2.05, 4.69) is 0 Å². The number of thioether (sulfide) groups is 1. The first-order chi connectivity index (χ1) is 17.9. The lowest BCUT2D eigenvalue weighted by atomic mass is 9.81. The summed E-state index contributed by atoms with van der Waals surface area (Å²) in [6.45, 7) is -2.51. The molecule has 38 heavy (non-hydrogen) atoms. The number of nitrogens with zero attached hydrogens (tertiary/aromatic N) is 3. The van der Waals surface area contributed by atoms with Crippen LogP contribution in [0.15, 0.2) is 52.3 Å². The van der Waals surface area contributed by atoms with Gasteiger partial charge in [0.2, 0.25) is 5.43 Å². The molecule has 8 nitrogen and oxygen atoms in total. The van der Waals surface area contributed by atoms with E-state index in [9.17, 15) is 46.7 Å². The quantitative estimate of drug-likeness (QED) is 0.336. The van der Waals surface area contributed by atoms with E-state index < -0.39 is 72.4 Å². The molecule has 198 valence electrons. The average molecular weight is 553 g/mol. The van der Waals surface area contributed by atoms with Gasteiger partial charge in [0.15, 0.2) is 23.1 Å². The third-order valence-electron chi connectivity index (χ3n) is 6.33. The highest BCUT2D eigenvalue weighted by molar-refractivity contribution is 7.98. The van der Waals surface area contributed by atoms with Gasteiger partial charge >= 0.3 is 13.3 Å². The molecule has 0 saturated heterocycles. The molecule has 3 heterocycles. The van der Waals surface area contributed by atoms with Gasteiger partial charge in [-0.15, -0.1) is 11.8 Å². The molecular weight excluding hydrogens is 536 g/mol. The van der Waals surface area contributed by atoms with E-state index in [1.165, 1.54) is 17.8 Å². The highest BCUT2D eigenvalue weighted by atomic mass is 32.2. The van der Waals surface area contributed by atoms with E-state index in [4.69, 9.17) is 0 Å². The van der Waals surface area contributed by atoms with Gasteiger partial charge in [0.1, 0.15) is 13.2 Å². The number of rotatable bonds is 3. The number of pyridine rings is 1. The number of alkyl halides is 3. The minimum atomic E-state index is -4.86. The maximum atomic E-state index is 15.0. The van der Waals surface area contributed by atoms with Crippen LogP contribution in [-0.2, 0) is 5.75 Å². The van der Waals surface area contributed by atoms with Crippen molar-refractivity contribution in [2.75, 3.05) is 18.2 Å². The molecule has 5 rings (SSSR count). The first-order valence-corrected chi connectivity index (χ1v) is 12.0. The largest absolute Gasteiger partial charge is 0.503 e. The highest BCUT2D eigenvalue weighted by Gasteiger charge is 2.43. The summed E-state index contributed by atoms with van der Waals surface area (Å²) in [5.74, 6) is -4.93. The van der Waals surface area contributed by atoms with Crippen molar-refractivity contribution in [3.8, 4) is 5.75 Å². The molecular formula is C23H17BF5N3O5S. The van der Waals surface area contributed by atoms with Crippen LogP contribution in [0.5, 0.6) is 5.75 Å². The number of hydrogen-bond acceptors (Lipinski definition) is 7. The SMILES string of the molecule is O=C1c2c(O)c(=O)c(B(O)O)cn2N([C@@H]2c3ccccc3SCc3c2ccc(F)c3F)CN1CC(F)(F)F. The number of aromatic nitrogens is 1. The van der Waals surface area contributed by atoms with Crippen molar-refractivity contribution in [3.05, 3.63) is 86.8 Å². The Morgan fingerprint density at radius 1 is 1.05 bits per heavy atom. The lowest BCUT2D eigenvalue weighted by Gasteiger charge is -2.44. The normalized spacial score (nSPS) is 17.0. The van der Waals surface area contributed by atoms with Crippen molar-refractivity contribution < 1.29 is 41.9 Å². The van der Waals surface area contributed by atoms with Gasteiger partial charge in [-0.05, 0) is 23.3 Å². The van der Waals surface area contributed by atoms with Gasteiger partial charge in [0, 0.05) is 22.4 Å². The molecule has 2 aliphatic rings. The van der Waals surface area contributed by atoms with Crippen molar-refractivity contribution in [1.82, 2.24) is 9.58 Å². The standard InChI is InChI=1S/C23H17BF5N3O5S/c25-15-6-5-11-13(17(15)26)8-38-16-4-2-1-3-12(16)18(11)32-10-30(9-23(27,28)29)22(35)19-21(34)20(33)14(24(36)37)7-31(19)32/h1-7,18,34,36-37H,8-10H2/t18-/m0/s1. The number of carbonyl (C=O) groups excluding carboxylic acids is 1. The Labute approximate surface area is 215 Å². The molecule has 1 aromatic heterocycles. The Hall–Kier alpha value is -3.56. The van der Waals surface area contributed by atoms with Gasteiger partial charge in [0.05, 0.1) is 11.5 Å². The van der Waals surface area contributed by atoms with Crippen LogP contribution < -0.4 is 15.9 Å². The van der Waals surface area contributed by atoms with E-state index in [1.54, 1.807) is 24.3 Å². The zero-order valence-electron chi connectivity index (χ0n) is 19.1. The number of benzene rings is 2. The average Bonchev–Trinajstić information content (AvgIpc) is 3.01. The highest BCUT2D eigenvalue weighted by Crippen LogP contribution is 2.44. The molecule has 2 aliphatic heterocycles. The number of fused-ring (bicyclic) bond motifs is 3. The maximum Gasteiger partial charge on any atom is 0.494 e. The number of hydrogen-bond donors (Lipinski definition) is 3. The van der Waals surface area contributed by atoms with E-state index in [0.717, 1.165) is 21.9 Å². The van der Waals surface area contributed by atoms with Crippen LogP contribution in [0, 0.1) is 11.6 Å². The van der Waals surface area contributed by atoms with Gasteiger partial charge in [-0.25, -0.2) is 8.78 Å². The van der Waals surface area contributed by atoms with Crippen molar-refractivity contribution in [3.63, 3.8) is 0 Å². The fourth-order valence-corrected chi connectivity index (χ4v) is 5.80. The maximum absolute atomic E-state index is 15.0. The van der Waals surface area contributed by atoms with E-state index in [0.29, 0.717) is 15.4 Å². The summed E-state index contributed by atoms with van der Waals surface area (Å²) in [6.07, 6.45) is -4.03. The predicted octanol–water partition coefficient (Wildman–Crippen LogP) is 1.82. The summed E-state index contributed by atoms with van der Waals surface area (Å²) >= 11 is 1.17. The third-order valence-corrected chi connectivity index (χ3v) is 7.45. The van der Waals surface area contributed by atoms with Gasteiger partial charge in [-0.3, -0.25) is 19.3 Å². The number of aromatic hydroxyl groups is 1. The van der Waals surface area contributed by atoms with Gasteiger partial charge in [-0.2, -0.15) is 13.2 Å². The Balaban J connectivity index is 1.83. The summed E-state index contributed by atoms with van der Waals surface area (Å²) < 4.78 is 70.4. The minimum absolute atomic E-state index is 0.0195. The lowest BCUT2D eigenvalue weighted by Crippen LogP contribution is -2.59. The summed E-state index contributed by atoms with van der Waals surface area (Å²) in [5.41, 5.74) is -2.41. The van der Waals surface area contributed by atoms with E-state index in [1.807, 2.05) is 0 Å². The van der Waals surface area contributed by atoms with Crippen LogP contribution in [0.3, 0.4) is 0 Å². The molecule has 15 heteroatoms. The van der Waals surface area contributed by atoms with Crippen LogP contribution in [0.25, 0.3) is 0 Å². The van der Waals surface area contributed by atoms with Crippen LogP contribution in [-0.4, -0.2) is 57.1 Å². The van der Waals surface area contributed by atoms with Crippen molar-refractivity contribution in [2.45, 2.75) is 22.9 Å². The molecule has 0 radical (unpaired) electrons. The molecule has 0 saturated carbocycles. The topological polar surface area (TPSA) is 106 Å². The Morgan fingerprint density at radius 3 is 2.45 bits per heavy atom. The van der Waals surface area contributed by atoms with Crippen molar-refractivity contribution in [1.29, 1.82) is 0 Å². The van der Waals surface area contributed by atoms with Crippen LogP contribution in [0.4, 0.5) is 22.0 Å². The first kappa shape index (κ1) is 26.1. The lowest BCUT2D eigenvalue weighted by molar-refractivity contribution is -0.141. The van der Waals surface area contributed by atoms with Crippen molar-refractivity contribution >= 4 is 30.3 Å². The first-order valence-electron chi connectivity index (χ1n) is 11.0. The minimum Gasteiger partial charge on any atom is -0.503 e. The number of halogens is 5. The Kier molecular flexibility index (Phi) is 6.40. The molecule has 0 unspecified atom stereocenters. The van der Waals surface area contributed by atoms with Crippen molar-refractivity contribution in [2.24, 2.45) is 0 Å². The molecule has 1 atom stereocenters. The molecule has 1 amide bonds. The second kappa shape index (κ2) is 9.33. The molecule has 3 aromatic rings. The molecule has 3 N–H and O–H groups in total. The summed E-state index contributed by atoms with van der Waals surface area (Å²) in [7, 11) is -2.40. The fraction of sp³-hybridized carbons (Fsp3) is 0.217. The predicted molar refractivity (Wildman–Crippen MR) is 127 cm³/mol. The zero-order chi connectivity index (χ0) is 27.5. The second-order valence-electron chi connectivity index (χ2n) is 8.69. The summed E-state index contributed by atoms with van der Waals surface area (Å²) in [6, 6.07) is 7.61. The fourth-order valence-electron chi connectivity index (χ4n) is 4.68. The molecule has 2 aromatic carbocycles.